The molecule has 0 bridgehead atoms. The summed E-state index contributed by atoms with van der Waals surface area (Å²) in [7, 11) is -1.99. The van der Waals surface area contributed by atoms with Crippen molar-refractivity contribution >= 4 is 51.6 Å². The second-order valence-corrected chi connectivity index (χ2v) is 7.99. The predicted octanol–water partition coefficient (Wildman–Crippen LogP) is 3.00. The van der Waals surface area contributed by atoms with Crippen molar-refractivity contribution in [1.82, 2.24) is 15.4 Å². The smallest absolute Gasteiger partial charge is 0.240 e. The second kappa shape index (κ2) is 12.9. The molecule has 0 fully saturated rings. The van der Waals surface area contributed by atoms with Crippen LogP contribution in [-0.4, -0.2) is 41.1 Å². The van der Waals surface area contributed by atoms with Crippen molar-refractivity contribution in [2.45, 2.75) is 18.4 Å². The predicted molar refractivity (Wildman–Crippen MR) is 128 cm³/mol. The van der Waals surface area contributed by atoms with E-state index in [1.807, 2.05) is 31.2 Å². The molecule has 0 spiro atoms. The van der Waals surface area contributed by atoms with Crippen molar-refractivity contribution in [2.24, 2.45) is 4.99 Å². The van der Waals surface area contributed by atoms with Crippen molar-refractivity contribution in [3.05, 3.63) is 59.1 Å². The number of benzene rings is 2. The van der Waals surface area contributed by atoms with Gasteiger partial charge in [0, 0.05) is 30.2 Å². The van der Waals surface area contributed by atoms with Crippen LogP contribution < -0.4 is 20.1 Å². The van der Waals surface area contributed by atoms with E-state index in [0.717, 1.165) is 11.3 Å². The molecule has 0 atom stereocenters. The van der Waals surface area contributed by atoms with E-state index in [1.165, 1.54) is 12.1 Å². The molecule has 10 heteroatoms. The summed E-state index contributed by atoms with van der Waals surface area (Å²) >= 11 is 5.86. The van der Waals surface area contributed by atoms with Crippen molar-refractivity contribution in [1.29, 1.82) is 0 Å². The zero-order valence-corrected chi connectivity index (χ0v) is 20.2. The summed E-state index contributed by atoms with van der Waals surface area (Å²) in [6.07, 6.45) is 0. The maximum atomic E-state index is 12.3. The van der Waals surface area contributed by atoms with E-state index < -0.39 is 10.0 Å². The van der Waals surface area contributed by atoms with E-state index in [4.69, 9.17) is 16.3 Å². The summed E-state index contributed by atoms with van der Waals surface area (Å²) in [6, 6.07) is 13.8. The third-order valence-corrected chi connectivity index (χ3v) is 5.45. The first-order valence-corrected chi connectivity index (χ1v) is 10.7. The van der Waals surface area contributed by atoms with E-state index >= 15 is 0 Å². The van der Waals surface area contributed by atoms with Crippen LogP contribution in [0.25, 0.3) is 0 Å². The molecule has 7 nitrogen and oxygen atoms in total. The number of methoxy groups -OCH3 is 1. The number of para-hydroxylation sites is 1. The molecule has 2 aromatic rings. The van der Waals surface area contributed by atoms with Gasteiger partial charge >= 0.3 is 0 Å². The SMILES string of the molecule is CCNC(=NCc1ccccc1OC)NCCNS(=O)(=O)c1cccc(Cl)c1.I. The summed E-state index contributed by atoms with van der Waals surface area (Å²) in [6.45, 7) is 3.66. The Balaban J connectivity index is 0.00000420. The molecule has 0 aliphatic heterocycles. The van der Waals surface area contributed by atoms with E-state index in [1.54, 1.807) is 19.2 Å². The third-order valence-electron chi connectivity index (χ3n) is 3.76. The first-order chi connectivity index (χ1) is 13.5. The van der Waals surface area contributed by atoms with Crippen LogP contribution in [0.4, 0.5) is 0 Å². The molecule has 0 aliphatic rings. The van der Waals surface area contributed by atoms with Gasteiger partial charge in [0.2, 0.25) is 10.0 Å². The zero-order valence-electron chi connectivity index (χ0n) is 16.3. The summed E-state index contributed by atoms with van der Waals surface area (Å²) in [5.41, 5.74) is 0.962. The highest BCUT2D eigenvalue weighted by atomic mass is 127. The number of halogens is 2. The van der Waals surface area contributed by atoms with Crippen LogP contribution in [0.2, 0.25) is 5.02 Å². The number of aliphatic imine (C=N–C) groups is 1. The Bertz CT molecular complexity index is 910. The minimum absolute atomic E-state index is 0. The average molecular weight is 553 g/mol. The lowest BCUT2D eigenvalue weighted by Crippen LogP contribution is -2.41. The number of hydrogen-bond donors (Lipinski definition) is 3. The minimum atomic E-state index is -3.61. The maximum absolute atomic E-state index is 12.3. The van der Waals surface area contributed by atoms with Crippen LogP contribution >= 0.6 is 35.6 Å². The Hall–Kier alpha value is -1.56. The molecule has 0 radical (unpaired) electrons. The number of hydrogen-bond acceptors (Lipinski definition) is 4. The van der Waals surface area contributed by atoms with Gasteiger partial charge in [0.15, 0.2) is 5.96 Å². The Morgan fingerprint density at radius 1 is 1.10 bits per heavy atom. The van der Waals surface area contributed by atoms with Gasteiger partial charge in [0.05, 0.1) is 18.6 Å². The Morgan fingerprint density at radius 2 is 1.86 bits per heavy atom. The minimum Gasteiger partial charge on any atom is -0.496 e. The number of nitrogens with zero attached hydrogens (tertiary/aromatic N) is 1. The zero-order chi connectivity index (χ0) is 20.4. The highest BCUT2D eigenvalue weighted by Crippen LogP contribution is 2.18. The lowest BCUT2D eigenvalue weighted by molar-refractivity contribution is 0.410. The van der Waals surface area contributed by atoms with Crippen LogP contribution in [0.1, 0.15) is 12.5 Å². The molecule has 0 saturated heterocycles. The highest BCUT2D eigenvalue weighted by Gasteiger charge is 2.13. The molecule has 160 valence electrons. The van der Waals surface area contributed by atoms with Crippen molar-refractivity contribution in [3.8, 4) is 5.75 Å². The molecule has 3 N–H and O–H groups in total. The average Bonchev–Trinajstić information content (AvgIpc) is 2.69. The van der Waals surface area contributed by atoms with Crippen LogP contribution in [0.5, 0.6) is 5.75 Å². The molecule has 0 amide bonds. The molecule has 0 heterocycles. The van der Waals surface area contributed by atoms with Crippen LogP contribution in [0.3, 0.4) is 0 Å². The number of ether oxygens (including phenoxy) is 1. The highest BCUT2D eigenvalue weighted by molar-refractivity contribution is 14.0. The first kappa shape index (κ1) is 25.5. The largest absolute Gasteiger partial charge is 0.496 e. The van der Waals surface area contributed by atoms with E-state index in [0.29, 0.717) is 30.6 Å². The summed E-state index contributed by atoms with van der Waals surface area (Å²) in [5.74, 6) is 1.37. The van der Waals surface area contributed by atoms with E-state index in [-0.39, 0.29) is 35.4 Å². The molecule has 2 rings (SSSR count). The van der Waals surface area contributed by atoms with Crippen LogP contribution in [0.15, 0.2) is 58.4 Å². The molecular weight excluding hydrogens is 527 g/mol. The summed E-state index contributed by atoms with van der Waals surface area (Å²) in [5, 5.41) is 6.61. The molecule has 0 unspecified atom stereocenters. The summed E-state index contributed by atoms with van der Waals surface area (Å²) < 4.78 is 32.4. The molecular formula is C19H26ClIN4O3S. The van der Waals surface area contributed by atoms with Gasteiger partial charge in [-0.1, -0.05) is 35.9 Å². The second-order valence-electron chi connectivity index (χ2n) is 5.79. The Morgan fingerprint density at radius 3 is 2.55 bits per heavy atom. The summed E-state index contributed by atoms with van der Waals surface area (Å²) in [4.78, 5) is 4.65. The fraction of sp³-hybridized carbons (Fsp3) is 0.316. The van der Waals surface area contributed by atoms with Gasteiger partial charge < -0.3 is 15.4 Å². The van der Waals surface area contributed by atoms with Crippen LogP contribution in [0, 0.1) is 0 Å². The fourth-order valence-corrected chi connectivity index (χ4v) is 3.76. The van der Waals surface area contributed by atoms with Crippen molar-refractivity contribution in [3.63, 3.8) is 0 Å². The lowest BCUT2D eigenvalue weighted by Gasteiger charge is -2.13. The fourth-order valence-electron chi connectivity index (χ4n) is 2.42. The monoisotopic (exact) mass is 552 g/mol. The van der Waals surface area contributed by atoms with Gasteiger partial charge in [-0.2, -0.15) is 0 Å². The van der Waals surface area contributed by atoms with Crippen molar-refractivity contribution in [2.75, 3.05) is 26.7 Å². The number of nitrogens with one attached hydrogen (secondary N) is 3. The van der Waals surface area contributed by atoms with Gasteiger partial charge in [-0.25, -0.2) is 18.1 Å². The maximum Gasteiger partial charge on any atom is 0.240 e. The van der Waals surface area contributed by atoms with Crippen molar-refractivity contribution < 1.29 is 13.2 Å². The van der Waals surface area contributed by atoms with E-state index in [2.05, 4.69) is 20.3 Å². The number of sulfonamides is 1. The quantitative estimate of drug-likeness (QED) is 0.193. The molecule has 2 aromatic carbocycles. The molecule has 0 aromatic heterocycles. The standard InChI is InChI=1S/C19H25ClN4O3S.HI/c1-3-21-19(23-14-15-7-4-5-10-18(15)27-2)22-11-12-24-28(25,26)17-9-6-8-16(20)13-17;/h4-10,13,24H,3,11-12,14H2,1-2H3,(H2,21,22,23);1H. The van der Waals surface area contributed by atoms with E-state index in [9.17, 15) is 8.42 Å². The number of rotatable bonds is 9. The Kier molecular flexibility index (Phi) is 11.3. The van der Waals surface area contributed by atoms with Crippen LogP contribution in [-0.2, 0) is 16.6 Å². The first-order valence-electron chi connectivity index (χ1n) is 8.85. The van der Waals surface area contributed by atoms with Gasteiger partial charge in [-0.05, 0) is 31.2 Å². The van der Waals surface area contributed by atoms with Gasteiger partial charge in [-0.3, -0.25) is 0 Å². The van der Waals surface area contributed by atoms with Gasteiger partial charge in [0.25, 0.3) is 0 Å². The number of guanidine groups is 1. The van der Waals surface area contributed by atoms with Gasteiger partial charge in [-0.15, -0.1) is 24.0 Å². The normalized spacial score (nSPS) is 11.5. The lowest BCUT2D eigenvalue weighted by atomic mass is 10.2. The van der Waals surface area contributed by atoms with Gasteiger partial charge in [0.1, 0.15) is 5.75 Å². The molecule has 0 saturated carbocycles. The third kappa shape index (κ3) is 8.37. The molecule has 0 aliphatic carbocycles. The Labute approximate surface area is 194 Å². The topological polar surface area (TPSA) is 91.8 Å². The molecule has 29 heavy (non-hydrogen) atoms.